The second-order valence-corrected chi connectivity index (χ2v) is 9.51. The predicted molar refractivity (Wildman–Crippen MR) is 134 cm³/mol. The molecule has 2 aromatic rings. The third-order valence-corrected chi connectivity index (χ3v) is 7.26. The van der Waals surface area contributed by atoms with Gasteiger partial charge in [-0.25, -0.2) is 0 Å². The number of halogens is 1. The fraction of sp³-hybridized carbons (Fsp3) is 0.462. The van der Waals surface area contributed by atoms with E-state index < -0.39 is 11.8 Å². The first-order valence-electron chi connectivity index (χ1n) is 11.9. The Morgan fingerprint density at radius 3 is 2.61 bits per heavy atom. The van der Waals surface area contributed by atoms with Crippen molar-refractivity contribution < 1.29 is 9.59 Å². The molecule has 33 heavy (non-hydrogen) atoms. The Morgan fingerprint density at radius 1 is 1.03 bits per heavy atom. The van der Waals surface area contributed by atoms with Gasteiger partial charge in [0.2, 0.25) is 0 Å². The van der Waals surface area contributed by atoms with Gasteiger partial charge < -0.3 is 15.5 Å². The normalized spacial score (nSPS) is 17.2. The number of anilines is 2. The van der Waals surface area contributed by atoms with E-state index in [0.717, 1.165) is 50.9 Å². The van der Waals surface area contributed by atoms with Crippen molar-refractivity contribution in [3.05, 3.63) is 58.1 Å². The summed E-state index contributed by atoms with van der Waals surface area (Å²) in [6.07, 6.45) is 5.79. The number of amides is 2. The molecule has 7 heteroatoms. The monoisotopic (exact) mass is 468 g/mol. The number of hydrogen-bond acceptors (Lipinski definition) is 4. The number of carbonyl (C=O) groups is 2. The SMILES string of the molecule is Cc1c(Cl)cccc1NC(=O)C(=O)NC[C@H](c1ccc2c(c1)CCCN2C)N1CCCCC1. The van der Waals surface area contributed by atoms with Crippen LogP contribution in [0.25, 0.3) is 0 Å². The van der Waals surface area contributed by atoms with E-state index in [1.807, 2.05) is 6.92 Å². The highest BCUT2D eigenvalue weighted by Crippen LogP contribution is 2.31. The maximum Gasteiger partial charge on any atom is 0.313 e. The molecule has 1 fully saturated rings. The first-order valence-corrected chi connectivity index (χ1v) is 12.2. The molecule has 0 aromatic heterocycles. The van der Waals surface area contributed by atoms with Gasteiger partial charge in [0.15, 0.2) is 0 Å². The number of benzene rings is 2. The maximum atomic E-state index is 12.7. The van der Waals surface area contributed by atoms with Gasteiger partial charge in [0.25, 0.3) is 0 Å². The molecule has 1 saturated heterocycles. The van der Waals surface area contributed by atoms with Crippen LogP contribution in [0.5, 0.6) is 0 Å². The molecular formula is C26H33ClN4O2. The molecule has 2 N–H and O–H groups in total. The molecule has 176 valence electrons. The summed E-state index contributed by atoms with van der Waals surface area (Å²) in [4.78, 5) is 29.9. The quantitative estimate of drug-likeness (QED) is 0.642. The first-order chi connectivity index (χ1) is 15.9. The topological polar surface area (TPSA) is 64.7 Å². The summed E-state index contributed by atoms with van der Waals surface area (Å²) in [6.45, 7) is 5.31. The zero-order valence-corrected chi connectivity index (χ0v) is 20.3. The van der Waals surface area contributed by atoms with E-state index in [-0.39, 0.29) is 6.04 Å². The van der Waals surface area contributed by atoms with E-state index in [9.17, 15) is 9.59 Å². The van der Waals surface area contributed by atoms with Gasteiger partial charge in [0.1, 0.15) is 0 Å². The lowest BCUT2D eigenvalue weighted by molar-refractivity contribution is -0.136. The molecule has 0 unspecified atom stereocenters. The average molecular weight is 469 g/mol. The van der Waals surface area contributed by atoms with E-state index in [1.165, 1.54) is 23.2 Å². The number of fused-ring (bicyclic) bond motifs is 1. The Kier molecular flexibility index (Phi) is 7.56. The van der Waals surface area contributed by atoms with E-state index >= 15 is 0 Å². The van der Waals surface area contributed by atoms with Crippen LogP contribution in [0.15, 0.2) is 36.4 Å². The van der Waals surface area contributed by atoms with Crippen LogP contribution in [-0.4, -0.2) is 49.9 Å². The van der Waals surface area contributed by atoms with E-state index in [4.69, 9.17) is 11.6 Å². The van der Waals surface area contributed by atoms with Crippen LogP contribution >= 0.6 is 11.6 Å². The molecule has 2 aromatic carbocycles. The molecule has 2 aliphatic heterocycles. The van der Waals surface area contributed by atoms with Crippen molar-refractivity contribution in [3.8, 4) is 0 Å². The molecule has 6 nitrogen and oxygen atoms in total. The highest BCUT2D eigenvalue weighted by molar-refractivity contribution is 6.40. The number of likely N-dealkylation sites (tertiary alicyclic amines) is 1. The summed E-state index contributed by atoms with van der Waals surface area (Å²) in [5, 5.41) is 6.12. The van der Waals surface area contributed by atoms with E-state index in [2.05, 4.69) is 45.7 Å². The lowest BCUT2D eigenvalue weighted by atomic mass is 9.95. The molecule has 2 amide bonds. The molecule has 0 spiro atoms. The van der Waals surface area contributed by atoms with Crippen molar-refractivity contribution in [1.29, 1.82) is 0 Å². The van der Waals surface area contributed by atoms with Gasteiger partial charge >= 0.3 is 11.8 Å². The lowest BCUT2D eigenvalue weighted by Crippen LogP contribution is -2.43. The Morgan fingerprint density at radius 2 is 1.82 bits per heavy atom. The van der Waals surface area contributed by atoms with Crippen molar-refractivity contribution in [2.24, 2.45) is 0 Å². The molecule has 0 aliphatic carbocycles. The Labute approximate surface area is 201 Å². The molecule has 1 atom stereocenters. The zero-order chi connectivity index (χ0) is 23.4. The van der Waals surface area contributed by atoms with Gasteiger partial charge in [-0.05, 0) is 80.6 Å². The van der Waals surface area contributed by atoms with E-state index in [0.29, 0.717) is 17.3 Å². The van der Waals surface area contributed by atoms with Crippen LogP contribution < -0.4 is 15.5 Å². The van der Waals surface area contributed by atoms with Gasteiger partial charge in [0, 0.05) is 36.5 Å². The first kappa shape index (κ1) is 23.6. The van der Waals surface area contributed by atoms with Crippen molar-refractivity contribution in [1.82, 2.24) is 10.2 Å². The molecule has 0 saturated carbocycles. The third-order valence-electron chi connectivity index (χ3n) is 6.85. The number of rotatable bonds is 5. The number of nitrogens with zero attached hydrogens (tertiary/aromatic N) is 2. The summed E-state index contributed by atoms with van der Waals surface area (Å²) in [7, 11) is 2.14. The van der Waals surface area contributed by atoms with E-state index in [1.54, 1.807) is 18.2 Å². The fourth-order valence-corrected chi connectivity index (χ4v) is 5.07. The molecule has 0 radical (unpaired) electrons. The summed E-state index contributed by atoms with van der Waals surface area (Å²) in [5.41, 5.74) is 5.16. The molecule has 4 rings (SSSR count). The minimum absolute atomic E-state index is 0.0486. The minimum atomic E-state index is -0.676. The van der Waals surface area contributed by atoms with Gasteiger partial charge in [-0.15, -0.1) is 0 Å². The third kappa shape index (κ3) is 5.50. The predicted octanol–water partition coefficient (Wildman–Crippen LogP) is 4.31. The number of hydrogen-bond donors (Lipinski definition) is 2. The van der Waals surface area contributed by atoms with Gasteiger partial charge in [-0.1, -0.05) is 36.2 Å². The summed E-state index contributed by atoms with van der Waals surface area (Å²) < 4.78 is 0. The Hall–Kier alpha value is -2.57. The van der Waals surface area contributed by atoms with Crippen molar-refractivity contribution in [3.63, 3.8) is 0 Å². The molecule has 2 heterocycles. The van der Waals surface area contributed by atoms with Crippen molar-refractivity contribution in [2.45, 2.75) is 45.1 Å². The number of piperidine rings is 1. The largest absolute Gasteiger partial charge is 0.374 e. The highest BCUT2D eigenvalue weighted by atomic mass is 35.5. The van der Waals surface area contributed by atoms with Crippen LogP contribution in [-0.2, 0) is 16.0 Å². The van der Waals surface area contributed by atoms with Gasteiger partial charge in [-0.3, -0.25) is 14.5 Å². The Bertz CT molecular complexity index is 1020. The number of aryl methyl sites for hydroxylation is 1. The fourth-order valence-electron chi connectivity index (χ4n) is 4.89. The summed E-state index contributed by atoms with van der Waals surface area (Å²) in [6, 6.07) is 12.0. The number of nitrogens with one attached hydrogen (secondary N) is 2. The van der Waals surface area contributed by atoms with Crippen LogP contribution in [0.4, 0.5) is 11.4 Å². The zero-order valence-electron chi connectivity index (χ0n) is 19.5. The van der Waals surface area contributed by atoms with Crippen LogP contribution in [0, 0.1) is 6.92 Å². The smallest absolute Gasteiger partial charge is 0.313 e. The Balaban J connectivity index is 1.47. The standard InChI is InChI=1S/C26H33ClN4O2/c1-18-21(27)9-6-10-22(18)29-26(33)25(32)28-17-24(31-14-4-3-5-15-31)20-11-12-23-19(16-20)8-7-13-30(23)2/h6,9-12,16,24H,3-5,7-8,13-15,17H2,1-2H3,(H,28,32)(H,29,33)/t24-/m1/s1. The minimum Gasteiger partial charge on any atom is -0.374 e. The summed E-state index contributed by atoms with van der Waals surface area (Å²) in [5.74, 6) is -1.31. The van der Waals surface area contributed by atoms with Crippen LogP contribution in [0.2, 0.25) is 5.02 Å². The van der Waals surface area contributed by atoms with Crippen molar-refractivity contribution in [2.75, 3.05) is 43.4 Å². The number of carbonyl (C=O) groups excluding carboxylic acids is 2. The average Bonchev–Trinajstić information content (AvgIpc) is 2.83. The molecule has 2 aliphatic rings. The second-order valence-electron chi connectivity index (χ2n) is 9.10. The molecule has 0 bridgehead atoms. The van der Waals surface area contributed by atoms with Crippen LogP contribution in [0.1, 0.15) is 48.4 Å². The highest BCUT2D eigenvalue weighted by Gasteiger charge is 2.26. The van der Waals surface area contributed by atoms with Crippen LogP contribution in [0.3, 0.4) is 0 Å². The second kappa shape index (κ2) is 10.6. The molecular weight excluding hydrogens is 436 g/mol. The van der Waals surface area contributed by atoms with Crippen molar-refractivity contribution >= 4 is 34.8 Å². The summed E-state index contributed by atoms with van der Waals surface area (Å²) >= 11 is 6.13. The van der Waals surface area contributed by atoms with Gasteiger partial charge in [0.05, 0.1) is 6.04 Å². The van der Waals surface area contributed by atoms with Gasteiger partial charge in [-0.2, -0.15) is 0 Å². The maximum absolute atomic E-state index is 12.7. The lowest BCUT2D eigenvalue weighted by Gasteiger charge is -2.36.